The van der Waals surface area contributed by atoms with E-state index in [9.17, 15) is 4.79 Å². The minimum absolute atomic E-state index is 0.104. The van der Waals surface area contributed by atoms with Crippen LogP contribution in [0.5, 0.6) is 0 Å². The molecule has 0 saturated heterocycles. The smallest absolute Gasteiger partial charge is 0.277 e. The van der Waals surface area contributed by atoms with Gasteiger partial charge in [0.1, 0.15) is 22.7 Å². The molecule has 174 valence electrons. The van der Waals surface area contributed by atoms with Gasteiger partial charge < -0.3 is 9.73 Å². The quantitative estimate of drug-likeness (QED) is 0.269. The van der Waals surface area contributed by atoms with Crippen LogP contribution in [0.2, 0.25) is 0 Å². The van der Waals surface area contributed by atoms with Crippen LogP contribution in [0.3, 0.4) is 0 Å². The Kier molecular flexibility index (Phi) is 5.45. The van der Waals surface area contributed by atoms with Gasteiger partial charge >= 0.3 is 0 Å². The predicted molar refractivity (Wildman–Crippen MR) is 142 cm³/mol. The molecule has 5 aromatic rings. The number of nitrogens with zero attached hydrogens (tertiary/aromatic N) is 2. The van der Waals surface area contributed by atoms with E-state index >= 15 is 0 Å². The maximum atomic E-state index is 13.3. The summed E-state index contributed by atoms with van der Waals surface area (Å²) in [7, 11) is 0. The van der Waals surface area contributed by atoms with Gasteiger partial charge in [0.2, 0.25) is 0 Å². The van der Waals surface area contributed by atoms with Crippen LogP contribution in [0, 0.1) is 0 Å². The third kappa shape index (κ3) is 3.93. The SMILES string of the molecule is C=CCn1c(-c2ccc(C3CCC3)cc2)ncc(NCc2ccc3oc4ccccc4c3c2)c1=O. The van der Waals surface area contributed by atoms with E-state index in [0.29, 0.717) is 30.5 Å². The van der Waals surface area contributed by atoms with E-state index in [1.807, 2.05) is 30.3 Å². The second-order valence-electron chi connectivity index (χ2n) is 9.23. The van der Waals surface area contributed by atoms with Gasteiger partial charge in [0.05, 0.1) is 6.20 Å². The predicted octanol–water partition coefficient (Wildman–Crippen LogP) is 6.88. The minimum Gasteiger partial charge on any atom is -0.456 e. The van der Waals surface area contributed by atoms with Crippen LogP contribution in [0.15, 0.2) is 94.8 Å². The molecule has 0 atom stereocenters. The van der Waals surface area contributed by atoms with Crippen LogP contribution >= 0.6 is 0 Å². The molecule has 0 spiro atoms. The summed E-state index contributed by atoms with van der Waals surface area (Å²) in [5.74, 6) is 1.34. The lowest BCUT2D eigenvalue weighted by Crippen LogP contribution is -2.25. The van der Waals surface area contributed by atoms with Gasteiger partial charge in [-0.2, -0.15) is 0 Å². The van der Waals surface area contributed by atoms with Crippen molar-refractivity contribution in [3.8, 4) is 11.4 Å². The molecule has 1 aliphatic rings. The Morgan fingerprint density at radius 3 is 2.60 bits per heavy atom. The molecule has 0 aliphatic heterocycles. The summed E-state index contributed by atoms with van der Waals surface area (Å²) in [6.45, 7) is 4.75. The average molecular weight is 462 g/mol. The van der Waals surface area contributed by atoms with Gasteiger partial charge in [0.15, 0.2) is 0 Å². The first kappa shape index (κ1) is 21.4. The number of rotatable bonds is 7. The zero-order valence-electron chi connectivity index (χ0n) is 19.5. The second-order valence-corrected chi connectivity index (χ2v) is 9.23. The molecule has 2 aromatic heterocycles. The summed E-state index contributed by atoms with van der Waals surface area (Å²) in [5, 5.41) is 5.45. The number of aromatic nitrogens is 2. The van der Waals surface area contributed by atoms with E-state index < -0.39 is 0 Å². The summed E-state index contributed by atoms with van der Waals surface area (Å²) in [6, 6.07) is 22.6. The van der Waals surface area contributed by atoms with Crippen molar-refractivity contribution in [2.45, 2.75) is 38.3 Å². The van der Waals surface area contributed by atoms with Crippen molar-refractivity contribution in [1.82, 2.24) is 9.55 Å². The van der Waals surface area contributed by atoms with E-state index in [2.05, 4.69) is 53.3 Å². The van der Waals surface area contributed by atoms with Gasteiger partial charge in [-0.1, -0.05) is 61.0 Å². The summed E-state index contributed by atoms with van der Waals surface area (Å²) in [5.41, 5.74) is 5.48. The highest BCUT2D eigenvalue weighted by Crippen LogP contribution is 2.36. The zero-order chi connectivity index (χ0) is 23.8. The maximum absolute atomic E-state index is 13.3. The molecular weight excluding hydrogens is 434 g/mol. The Morgan fingerprint density at radius 2 is 1.83 bits per heavy atom. The van der Waals surface area contributed by atoms with Crippen molar-refractivity contribution in [3.63, 3.8) is 0 Å². The summed E-state index contributed by atoms with van der Waals surface area (Å²) < 4.78 is 7.60. The number of nitrogens with one attached hydrogen (secondary N) is 1. The monoisotopic (exact) mass is 461 g/mol. The largest absolute Gasteiger partial charge is 0.456 e. The van der Waals surface area contributed by atoms with Crippen molar-refractivity contribution in [1.29, 1.82) is 0 Å². The highest BCUT2D eigenvalue weighted by molar-refractivity contribution is 6.05. The van der Waals surface area contributed by atoms with Gasteiger partial charge in [-0.05, 0) is 48.1 Å². The van der Waals surface area contributed by atoms with Crippen molar-refractivity contribution >= 4 is 27.6 Å². The van der Waals surface area contributed by atoms with E-state index in [-0.39, 0.29) is 5.56 Å². The first-order valence-electron chi connectivity index (χ1n) is 12.2. The summed E-state index contributed by atoms with van der Waals surface area (Å²) in [6.07, 6.45) is 7.22. The molecule has 1 N–H and O–H groups in total. The Bertz CT molecular complexity index is 1590. The molecule has 1 saturated carbocycles. The molecule has 0 radical (unpaired) electrons. The fraction of sp³-hybridized carbons (Fsp3) is 0.200. The Hall–Kier alpha value is -4.12. The highest BCUT2D eigenvalue weighted by atomic mass is 16.3. The lowest BCUT2D eigenvalue weighted by Gasteiger charge is -2.25. The Balaban J connectivity index is 1.27. The van der Waals surface area contributed by atoms with Crippen molar-refractivity contribution in [2.24, 2.45) is 0 Å². The Morgan fingerprint density at radius 1 is 1.03 bits per heavy atom. The van der Waals surface area contributed by atoms with Crippen LogP contribution in [0.1, 0.15) is 36.3 Å². The molecule has 0 amide bonds. The molecule has 2 heterocycles. The van der Waals surface area contributed by atoms with Gasteiger partial charge in [0, 0.05) is 29.4 Å². The van der Waals surface area contributed by atoms with E-state index in [1.165, 1.54) is 24.8 Å². The number of furan rings is 1. The lowest BCUT2D eigenvalue weighted by molar-refractivity contribution is 0.420. The fourth-order valence-corrected chi connectivity index (χ4v) is 4.87. The van der Waals surface area contributed by atoms with Crippen LogP contribution in [-0.4, -0.2) is 9.55 Å². The van der Waals surface area contributed by atoms with Gasteiger partial charge in [-0.3, -0.25) is 9.36 Å². The van der Waals surface area contributed by atoms with Gasteiger partial charge in [0.25, 0.3) is 5.56 Å². The van der Waals surface area contributed by atoms with Crippen LogP contribution in [0.25, 0.3) is 33.3 Å². The van der Waals surface area contributed by atoms with Crippen LogP contribution in [-0.2, 0) is 13.1 Å². The molecule has 5 heteroatoms. The summed E-state index contributed by atoms with van der Waals surface area (Å²) >= 11 is 0. The topological polar surface area (TPSA) is 60.1 Å². The minimum atomic E-state index is -0.104. The number of hydrogen-bond acceptors (Lipinski definition) is 4. The fourth-order valence-electron chi connectivity index (χ4n) is 4.87. The number of allylic oxidation sites excluding steroid dienone is 1. The maximum Gasteiger partial charge on any atom is 0.277 e. The lowest BCUT2D eigenvalue weighted by atomic mass is 9.80. The molecule has 6 rings (SSSR count). The second kappa shape index (κ2) is 8.91. The van der Waals surface area contributed by atoms with E-state index in [1.54, 1.807) is 16.8 Å². The molecule has 1 aliphatic carbocycles. The first-order chi connectivity index (χ1) is 17.2. The van der Waals surface area contributed by atoms with Gasteiger partial charge in [-0.15, -0.1) is 6.58 Å². The number of anilines is 1. The molecule has 3 aromatic carbocycles. The van der Waals surface area contributed by atoms with E-state index in [0.717, 1.165) is 33.1 Å². The number of benzene rings is 3. The molecular formula is C30H27N3O2. The van der Waals surface area contributed by atoms with Crippen molar-refractivity contribution < 1.29 is 4.42 Å². The van der Waals surface area contributed by atoms with Gasteiger partial charge in [-0.25, -0.2) is 4.98 Å². The highest BCUT2D eigenvalue weighted by Gasteiger charge is 2.19. The third-order valence-electron chi connectivity index (χ3n) is 7.03. The van der Waals surface area contributed by atoms with Crippen molar-refractivity contribution in [2.75, 3.05) is 5.32 Å². The van der Waals surface area contributed by atoms with Crippen LogP contribution < -0.4 is 10.9 Å². The first-order valence-corrected chi connectivity index (χ1v) is 12.2. The number of fused-ring (bicyclic) bond motifs is 3. The normalized spacial score (nSPS) is 13.7. The van der Waals surface area contributed by atoms with Crippen molar-refractivity contribution in [3.05, 3.63) is 107 Å². The molecule has 0 unspecified atom stereocenters. The standard InChI is InChI=1S/C30H27N3O2/c1-2-16-33-29(23-13-11-22(12-14-23)21-6-5-7-21)32-19-26(30(33)34)31-18-20-10-15-28-25(17-20)24-8-3-4-9-27(24)35-28/h2-4,8-15,17,19,21,31H,1,5-7,16,18H2. The van der Waals surface area contributed by atoms with Crippen LogP contribution in [0.4, 0.5) is 5.69 Å². The van der Waals surface area contributed by atoms with E-state index in [4.69, 9.17) is 4.42 Å². The third-order valence-corrected chi connectivity index (χ3v) is 7.03. The molecule has 35 heavy (non-hydrogen) atoms. The Labute approximate surface area is 203 Å². The zero-order valence-corrected chi connectivity index (χ0v) is 19.5. The molecule has 1 fully saturated rings. The average Bonchev–Trinajstić information content (AvgIpc) is 3.22. The molecule has 0 bridgehead atoms. The number of para-hydroxylation sites is 1. The molecule has 5 nitrogen and oxygen atoms in total. The number of hydrogen-bond donors (Lipinski definition) is 1. The summed E-state index contributed by atoms with van der Waals surface area (Å²) in [4.78, 5) is 18.0.